The minimum absolute atomic E-state index is 0.198. The van der Waals surface area contributed by atoms with Crippen LogP contribution < -0.4 is 5.32 Å². The Morgan fingerprint density at radius 3 is 2.61 bits per heavy atom. The highest BCUT2D eigenvalue weighted by molar-refractivity contribution is 5.97. The molecule has 7 nitrogen and oxygen atoms in total. The number of hydrogen-bond donors (Lipinski definition) is 1. The lowest BCUT2D eigenvalue weighted by Gasteiger charge is -2.13. The van der Waals surface area contributed by atoms with Crippen LogP contribution in [0.25, 0.3) is 11.5 Å². The first-order valence-corrected chi connectivity index (χ1v) is 9.65. The van der Waals surface area contributed by atoms with Gasteiger partial charge in [-0.05, 0) is 36.8 Å². The number of aromatic nitrogens is 3. The molecule has 0 aliphatic heterocycles. The number of methoxy groups -OCH3 is 1. The fourth-order valence-electron chi connectivity index (χ4n) is 2.94. The van der Waals surface area contributed by atoms with Gasteiger partial charge in [-0.3, -0.25) is 4.79 Å². The van der Waals surface area contributed by atoms with Gasteiger partial charge in [0.15, 0.2) is 5.82 Å². The van der Waals surface area contributed by atoms with Gasteiger partial charge in [-0.15, -0.1) is 0 Å². The molecule has 2 heterocycles. The Balaban J connectivity index is 1.80. The molecule has 0 saturated carbocycles. The first-order chi connectivity index (χ1) is 14.9. The maximum Gasteiger partial charge on any atom is 0.416 e. The molecule has 3 rings (SSSR count). The van der Waals surface area contributed by atoms with E-state index in [2.05, 4.69) is 10.4 Å². The van der Waals surface area contributed by atoms with Crippen molar-refractivity contribution in [2.24, 2.45) is 0 Å². The van der Waals surface area contributed by atoms with Crippen molar-refractivity contribution in [1.82, 2.24) is 19.7 Å². The highest BCUT2D eigenvalue weighted by Gasteiger charge is 2.31. The molecule has 3 aromatic rings. The molecule has 0 aliphatic rings. The Kier molecular flexibility index (Phi) is 7.48. The molecule has 31 heavy (non-hydrogen) atoms. The summed E-state index contributed by atoms with van der Waals surface area (Å²) in [4.78, 5) is 12.7. The molecule has 0 saturated heterocycles. The molecule has 0 unspecified atom stereocenters. The molecule has 0 bridgehead atoms. The molecule has 0 spiro atoms. The number of nitrogens with one attached hydrogen (secondary N) is 1. The number of carbonyl (C=O) groups excluding carboxylic acids is 1. The standard InChI is InChI=1S/C21H23F3N4O3/c1-30-12-13-31-11-5-8-25-19(29)18-15-26-28(20(18)27-9-2-3-10-27)17-7-4-6-16(14-17)21(22,23)24/h2-4,6-7,9-10,14-15H,5,8,11-13H2,1H3,(H,25,29). The Labute approximate surface area is 177 Å². The zero-order chi connectivity index (χ0) is 22.3. The molecular weight excluding hydrogens is 413 g/mol. The van der Waals surface area contributed by atoms with Crippen molar-refractivity contribution in [3.05, 3.63) is 66.1 Å². The number of hydrogen-bond acceptors (Lipinski definition) is 4. The van der Waals surface area contributed by atoms with Gasteiger partial charge < -0.3 is 19.4 Å². The van der Waals surface area contributed by atoms with Crippen LogP contribution in [0.3, 0.4) is 0 Å². The highest BCUT2D eigenvalue weighted by atomic mass is 19.4. The number of ether oxygens (including phenoxy) is 2. The van der Waals surface area contributed by atoms with Crippen molar-refractivity contribution in [1.29, 1.82) is 0 Å². The molecule has 10 heteroatoms. The average molecular weight is 436 g/mol. The molecule has 0 radical (unpaired) electrons. The molecular formula is C21H23F3N4O3. The number of rotatable bonds is 10. The quantitative estimate of drug-likeness (QED) is 0.494. The number of nitrogens with zero attached hydrogens (tertiary/aromatic N) is 3. The van der Waals surface area contributed by atoms with Crippen molar-refractivity contribution < 1.29 is 27.4 Å². The topological polar surface area (TPSA) is 70.3 Å². The van der Waals surface area contributed by atoms with Crippen molar-refractivity contribution in [2.45, 2.75) is 12.6 Å². The zero-order valence-electron chi connectivity index (χ0n) is 16.9. The molecule has 1 N–H and O–H groups in total. The minimum atomic E-state index is -4.48. The summed E-state index contributed by atoms with van der Waals surface area (Å²) in [6, 6.07) is 8.31. The third-order valence-electron chi connectivity index (χ3n) is 4.44. The second-order valence-electron chi connectivity index (χ2n) is 6.65. The van der Waals surface area contributed by atoms with Crippen molar-refractivity contribution in [2.75, 3.05) is 33.5 Å². The first-order valence-electron chi connectivity index (χ1n) is 9.65. The third-order valence-corrected chi connectivity index (χ3v) is 4.44. The summed E-state index contributed by atoms with van der Waals surface area (Å²) in [5, 5.41) is 6.99. The van der Waals surface area contributed by atoms with E-state index in [-0.39, 0.29) is 17.2 Å². The Bertz CT molecular complexity index is 984. The van der Waals surface area contributed by atoms with Crippen LogP contribution in [0.1, 0.15) is 22.3 Å². The molecule has 1 amide bonds. The second kappa shape index (κ2) is 10.3. The van der Waals surface area contributed by atoms with Gasteiger partial charge in [-0.1, -0.05) is 6.07 Å². The summed E-state index contributed by atoms with van der Waals surface area (Å²) < 4.78 is 52.6. The van der Waals surface area contributed by atoms with Crippen LogP contribution >= 0.6 is 0 Å². The lowest BCUT2D eigenvalue weighted by molar-refractivity contribution is -0.137. The van der Waals surface area contributed by atoms with Crippen molar-refractivity contribution >= 4 is 5.91 Å². The van der Waals surface area contributed by atoms with Crippen LogP contribution in [-0.4, -0.2) is 53.7 Å². The van der Waals surface area contributed by atoms with Crippen molar-refractivity contribution in [3.8, 4) is 11.5 Å². The number of halogens is 3. The van der Waals surface area contributed by atoms with E-state index in [0.29, 0.717) is 38.6 Å². The summed E-state index contributed by atoms with van der Waals surface area (Å²) in [7, 11) is 1.59. The van der Waals surface area contributed by atoms with E-state index >= 15 is 0 Å². The minimum Gasteiger partial charge on any atom is -0.382 e. The summed E-state index contributed by atoms with van der Waals surface area (Å²) >= 11 is 0. The summed E-state index contributed by atoms with van der Waals surface area (Å²) in [5.41, 5.74) is -0.350. The van der Waals surface area contributed by atoms with Gasteiger partial charge in [-0.25, -0.2) is 4.68 Å². The van der Waals surface area contributed by atoms with Gasteiger partial charge >= 0.3 is 6.18 Å². The van der Waals surface area contributed by atoms with E-state index in [4.69, 9.17) is 9.47 Å². The SMILES string of the molecule is COCCOCCCNC(=O)c1cnn(-c2cccc(C(F)(F)F)c2)c1-n1cccc1. The molecule has 166 valence electrons. The molecule has 0 atom stereocenters. The summed E-state index contributed by atoms with van der Waals surface area (Å²) in [6.07, 6.45) is 0.863. The van der Waals surface area contributed by atoms with Crippen LogP contribution in [-0.2, 0) is 15.7 Å². The lowest BCUT2D eigenvalue weighted by atomic mass is 10.2. The van der Waals surface area contributed by atoms with Gasteiger partial charge in [0.05, 0.1) is 30.7 Å². The largest absolute Gasteiger partial charge is 0.416 e. The fourth-order valence-corrected chi connectivity index (χ4v) is 2.94. The number of amides is 1. The lowest BCUT2D eigenvalue weighted by Crippen LogP contribution is -2.26. The number of alkyl halides is 3. The zero-order valence-corrected chi connectivity index (χ0v) is 16.9. The van der Waals surface area contributed by atoms with Crippen LogP contribution in [0.15, 0.2) is 55.0 Å². The number of benzene rings is 1. The van der Waals surface area contributed by atoms with Gasteiger partial charge in [0, 0.05) is 32.7 Å². The van der Waals surface area contributed by atoms with Gasteiger partial charge in [0.25, 0.3) is 5.91 Å². The van der Waals surface area contributed by atoms with Crippen molar-refractivity contribution in [3.63, 3.8) is 0 Å². The van der Waals surface area contributed by atoms with E-state index in [9.17, 15) is 18.0 Å². The van der Waals surface area contributed by atoms with E-state index in [0.717, 1.165) is 12.1 Å². The van der Waals surface area contributed by atoms with Gasteiger partial charge in [0.1, 0.15) is 5.56 Å². The maximum atomic E-state index is 13.1. The van der Waals surface area contributed by atoms with Gasteiger partial charge in [0.2, 0.25) is 0 Å². The van der Waals surface area contributed by atoms with Crippen LogP contribution in [0.2, 0.25) is 0 Å². The first kappa shape index (κ1) is 22.6. The monoisotopic (exact) mass is 436 g/mol. The summed E-state index contributed by atoms with van der Waals surface area (Å²) in [6.45, 7) is 1.83. The predicted molar refractivity (Wildman–Crippen MR) is 108 cm³/mol. The highest BCUT2D eigenvalue weighted by Crippen LogP contribution is 2.31. The summed E-state index contributed by atoms with van der Waals surface area (Å²) in [5.74, 6) is -0.0306. The van der Waals surface area contributed by atoms with Crippen LogP contribution in [0, 0.1) is 0 Å². The van der Waals surface area contributed by atoms with Crippen LogP contribution in [0.4, 0.5) is 13.2 Å². The third kappa shape index (κ3) is 5.74. The van der Waals surface area contributed by atoms with Crippen LogP contribution in [0.5, 0.6) is 0 Å². The fraction of sp³-hybridized carbons (Fsp3) is 0.333. The second-order valence-corrected chi connectivity index (χ2v) is 6.65. The number of carbonyl (C=O) groups is 1. The Morgan fingerprint density at radius 1 is 1.13 bits per heavy atom. The molecule has 1 aromatic carbocycles. The van der Waals surface area contributed by atoms with E-state index in [1.807, 2.05) is 0 Å². The van der Waals surface area contributed by atoms with E-state index < -0.39 is 11.7 Å². The average Bonchev–Trinajstić information content (AvgIpc) is 3.42. The smallest absolute Gasteiger partial charge is 0.382 e. The van der Waals surface area contributed by atoms with E-state index in [1.165, 1.54) is 23.0 Å². The predicted octanol–water partition coefficient (Wildman–Crippen LogP) is 3.46. The maximum absolute atomic E-state index is 13.1. The molecule has 0 aliphatic carbocycles. The Morgan fingerprint density at radius 2 is 1.90 bits per heavy atom. The van der Waals surface area contributed by atoms with E-state index in [1.54, 1.807) is 36.2 Å². The van der Waals surface area contributed by atoms with Gasteiger partial charge in [-0.2, -0.15) is 18.3 Å². The molecule has 0 fully saturated rings. The normalized spacial score (nSPS) is 11.6. The molecule has 2 aromatic heterocycles. The Hall–Kier alpha value is -3.11.